The smallest absolute Gasteiger partial charge is 0.290 e. The number of amides is 1. The summed E-state index contributed by atoms with van der Waals surface area (Å²) in [6.07, 6.45) is 1.34. The molecule has 7 nitrogen and oxygen atoms in total. The van der Waals surface area contributed by atoms with Gasteiger partial charge in [-0.05, 0) is 13.8 Å². The summed E-state index contributed by atoms with van der Waals surface area (Å²) in [5.41, 5.74) is -1.52. The van der Waals surface area contributed by atoms with Gasteiger partial charge in [0, 0.05) is 13.0 Å². The van der Waals surface area contributed by atoms with Crippen LogP contribution in [-0.4, -0.2) is 32.2 Å². The lowest BCUT2D eigenvalue weighted by Gasteiger charge is -2.28. The molecule has 2 heterocycles. The molecule has 0 bridgehead atoms. The lowest BCUT2D eigenvalue weighted by Crippen LogP contribution is -2.38. The van der Waals surface area contributed by atoms with E-state index in [-0.39, 0.29) is 24.0 Å². The molecule has 114 valence electrons. The number of rotatable bonds is 5. The maximum Gasteiger partial charge on any atom is 0.290 e. The van der Waals surface area contributed by atoms with E-state index in [2.05, 4.69) is 30.2 Å². The second-order valence-electron chi connectivity index (χ2n) is 5.18. The van der Waals surface area contributed by atoms with Gasteiger partial charge in [-0.2, -0.15) is 5.10 Å². The summed E-state index contributed by atoms with van der Waals surface area (Å²) in [6, 6.07) is 1.40. The minimum absolute atomic E-state index is 0.0118. The molecule has 0 radical (unpaired) electrons. The average molecular weight is 299 g/mol. The third kappa shape index (κ3) is 3.06. The van der Waals surface area contributed by atoms with Crippen LogP contribution in [0.4, 0.5) is 8.78 Å². The molecular weight excluding hydrogens is 284 g/mol. The first-order valence-corrected chi connectivity index (χ1v) is 6.20. The highest BCUT2D eigenvalue weighted by molar-refractivity contribution is 5.91. The molecule has 0 fully saturated rings. The molecule has 2 rings (SSSR count). The Balaban J connectivity index is 2.03. The van der Waals surface area contributed by atoms with E-state index in [4.69, 9.17) is 0 Å². The first-order valence-electron chi connectivity index (χ1n) is 6.20. The third-order valence-electron chi connectivity index (χ3n) is 3.27. The van der Waals surface area contributed by atoms with E-state index in [0.717, 1.165) is 6.92 Å². The van der Waals surface area contributed by atoms with Crippen LogP contribution in [0.3, 0.4) is 0 Å². The molecule has 0 aliphatic carbocycles. The van der Waals surface area contributed by atoms with Crippen molar-refractivity contribution in [1.29, 1.82) is 0 Å². The van der Waals surface area contributed by atoms with Gasteiger partial charge in [-0.15, -0.1) is 0 Å². The summed E-state index contributed by atoms with van der Waals surface area (Å²) in [5.74, 6) is -3.15. The number of H-pyrrole nitrogens is 1. The van der Waals surface area contributed by atoms with Gasteiger partial charge in [-0.1, -0.05) is 5.16 Å². The molecule has 0 unspecified atom stereocenters. The third-order valence-corrected chi connectivity index (χ3v) is 3.27. The monoisotopic (exact) mass is 299 g/mol. The number of alkyl halides is 2. The van der Waals surface area contributed by atoms with Gasteiger partial charge in [0.1, 0.15) is 5.82 Å². The van der Waals surface area contributed by atoms with Gasteiger partial charge in [0.2, 0.25) is 5.76 Å². The molecule has 0 aromatic carbocycles. The van der Waals surface area contributed by atoms with Crippen LogP contribution in [0.5, 0.6) is 0 Å². The van der Waals surface area contributed by atoms with Crippen molar-refractivity contribution in [3.8, 4) is 0 Å². The Morgan fingerprint density at radius 2 is 2.14 bits per heavy atom. The molecule has 9 heteroatoms. The Hall–Kier alpha value is -2.32. The molecule has 21 heavy (non-hydrogen) atoms. The van der Waals surface area contributed by atoms with E-state index >= 15 is 0 Å². The van der Waals surface area contributed by atoms with Gasteiger partial charge in [-0.25, -0.2) is 13.8 Å². The Labute approximate surface area is 119 Å². The van der Waals surface area contributed by atoms with E-state index in [0.29, 0.717) is 0 Å². The lowest BCUT2D eigenvalue weighted by molar-refractivity contribution is -0.0501. The summed E-state index contributed by atoms with van der Waals surface area (Å²) in [6.45, 7) is 3.53. The van der Waals surface area contributed by atoms with Gasteiger partial charge < -0.3 is 9.84 Å². The van der Waals surface area contributed by atoms with Crippen molar-refractivity contribution in [3.63, 3.8) is 0 Å². The Morgan fingerprint density at radius 1 is 1.43 bits per heavy atom. The highest BCUT2D eigenvalue weighted by Gasteiger charge is 2.46. The Morgan fingerprint density at radius 3 is 2.71 bits per heavy atom. The van der Waals surface area contributed by atoms with E-state index in [1.165, 1.54) is 26.1 Å². The normalized spacial score (nSPS) is 12.4. The van der Waals surface area contributed by atoms with Crippen molar-refractivity contribution in [2.24, 2.45) is 0 Å². The molecule has 2 aromatic heterocycles. The first-order chi connectivity index (χ1) is 9.72. The second kappa shape index (κ2) is 5.23. The van der Waals surface area contributed by atoms with Crippen molar-refractivity contribution in [2.45, 2.75) is 38.7 Å². The highest BCUT2D eigenvalue weighted by atomic mass is 19.3. The van der Waals surface area contributed by atoms with Crippen molar-refractivity contribution in [1.82, 2.24) is 25.7 Å². The Kier molecular flexibility index (Phi) is 3.75. The van der Waals surface area contributed by atoms with Crippen LogP contribution in [-0.2, 0) is 12.0 Å². The van der Waals surface area contributed by atoms with Gasteiger partial charge >= 0.3 is 0 Å². The minimum atomic E-state index is -2.98. The number of nitrogens with one attached hydrogen (secondary N) is 2. The maximum atomic E-state index is 13.5. The summed E-state index contributed by atoms with van der Waals surface area (Å²) in [7, 11) is 0. The van der Waals surface area contributed by atoms with Gasteiger partial charge in [-0.3, -0.25) is 9.89 Å². The zero-order valence-corrected chi connectivity index (χ0v) is 11.8. The topological polar surface area (TPSA) is 96.7 Å². The second-order valence-corrected chi connectivity index (χ2v) is 5.18. The minimum Gasteiger partial charge on any atom is -0.351 e. The number of carbonyl (C=O) groups excluding carboxylic acids is 1. The van der Waals surface area contributed by atoms with Crippen molar-refractivity contribution in [2.75, 3.05) is 0 Å². The number of halogens is 2. The summed E-state index contributed by atoms with van der Waals surface area (Å²) in [5, 5.41) is 12.2. The van der Waals surface area contributed by atoms with Crippen LogP contribution in [0.25, 0.3) is 0 Å². The number of aromatic nitrogens is 4. The van der Waals surface area contributed by atoms with E-state index < -0.39 is 17.2 Å². The molecule has 0 aliphatic heterocycles. The molecule has 0 atom stereocenters. The lowest BCUT2D eigenvalue weighted by atomic mass is 9.86. The first kappa shape index (κ1) is 15.1. The molecule has 0 aliphatic rings. The zero-order chi connectivity index (χ0) is 15.7. The zero-order valence-electron chi connectivity index (χ0n) is 11.8. The fourth-order valence-electron chi connectivity index (χ4n) is 1.43. The molecule has 0 spiro atoms. The molecular formula is C12H15F2N5O2. The fourth-order valence-corrected chi connectivity index (χ4v) is 1.43. The fraction of sp³-hybridized carbons (Fsp3) is 0.500. The van der Waals surface area contributed by atoms with Crippen LogP contribution in [0.2, 0.25) is 0 Å². The average Bonchev–Trinajstić information content (AvgIpc) is 3.06. The largest absolute Gasteiger partial charge is 0.351 e. The van der Waals surface area contributed by atoms with Crippen LogP contribution in [0.1, 0.15) is 43.0 Å². The van der Waals surface area contributed by atoms with E-state index in [1.54, 1.807) is 0 Å². The summed E-state index contributed by atoms with van der Waals surface area (Å²) < 4.78 is 31.7. The Bertz CT molecular complexity index is 616. The molecule has 1 amide bonds. The molecule has 0 saturated heterocycles. The standard InChI is InChI=1S/C12H15F2N5O2/c1-11(2,12(3,13)14)10-17-8(18-19-10)6-15-9(20)7-4-5-16-21-7/h4-5H,6H2,1-3H3,(H,15,20)(H,17,18,19). The van der Waals surface area contributed by atoms with Crippen LogP contribution < -0.4 is 5.32 Å². The molecule has 0 saturated carbocycles. The SMILES string of the molecule is CC(F)(F)C(C)(C)c1n[nH]c(CNC(=O)c2ccno2)n1. The van der Waals surface area contributed by atoms with Gasteiger partial charge in [0.25, 0.3) is 11.8 Å². The van der Waals surface area contributed by atoms with Crippen molar-refractivity contribution in [3.05, 3.63) is 29.7 Å². The van der Waals surface area contributed by atoms with E-state index in [1.807, 2.05) is 0 Å². The maximum absolute atomic E-state index is 13.5. The number of nitrogens with zero attached hydrogens (tertiary/aromatic N) is 3. The number of hydrogen-bond donors (Lipinski definition) is 2. The van der Waals surface area contributed by atoms with Crippen molar-refractivity contribution >= 4 is 5.91 Å². The number of carbonyl (C=O) groups is 1. The van der Waals surface area contributed by atoms with E-state index in [9.17, 15) is 13.6 Å². The summed E-state index contributed by atoms with van der Waals surface area (Å²) >= 11 is 0. The quantitative estimate of drug-likeness (QED) is 0.875. The number of hydrogen-bond acceptors (Lipinski definition) is 5. The van der Waals surface area contributed by atoms with Crippen LogP contribution >= 0.6 is 0 Å². The predicted molar refractivity (Wildman–Crippen MR) is 67.7 cm³/mol. The van der Waals surface area contributed by atoms with Crippen LogP contribution in [0, 0.1) is 0 Å². The van der Waals surface area contributed by atoms with Gasteiger partial charge in [0.05, 0.1) is 18.2 Å². The van der Waals surface area contributed by atoms with Crippen LogP contribution in [0.15, 0.2) is 16.8 Å². The molecule has 2 aromatic rings. The highest BCUT2D eigenvalue weighted by Crippen LogP contribution is 2.36. The number of aromatic amines is 1. The molecule has 2 N–H and O–H groups in total. The van der Waals surface area contributed by atoms with Gasteiger partial charge in [0.15, 0.2) is 5.82 Å². The predicted octanol–water partition coefficient (Wildman–Crippen LogP) is 1.66. The summed E-state index contributed by atoms with van der Waals surface area (Å²) in [4.78, 5) is 15.6. The van der Waals surface area contributed by atoms with Crippen molar-refractivity contribution < 1.29 is 18.1 Å².